The first-order valence-electron chi connectivity index (χ1n) is 3.79. The molecule has 5 heteroatoms. The lowest BCUT2D eigenvalue weighted by Crippen LogP contribution is -2.48. The molecule has 1 aliphatic rings. The number of nitrogens with zero attached hydrogens (tertiary/aromatic N) is 1. The van der Waals surface area contributed by atoms with Crippen molar-refractivity contribution in [3.8, 4) is 6.07 Å². The van der Waals surface area contributed by atoms with Gasteiger partial charge >= 0.3 is 0 Å². The Kier molecular flexibility index (Phi) is 2.15. The summed E-state index contributed by atoms with van der Waals surface area (Å²) >= 11 is 0. The van der Waals surface area contributed by atoms with Gasteiger partial charge in [0.25, 0.3) is 0 Å². The zero-order chi connectivity index (χ0) is 9.41. The second kappa shape index (κ2) is 2.71. The molecule has 0 aromatic carbocycles. The Balaban J connectivity index is 3.02. The third kappa shape index (κ3) is 1.45. The number of hydrogen-bond donors (Lipinski definition) is 1. The van der Waals surface area contributed by atoms with Gasteiger partial charge < -0.3 is 5.73 Å². The first-order valence-corrected chi connectivity index (χ1v) is 5.74. The summed E-state index contributed by atoms with van der Waals surface area (Å²) in [4.78, 5) is 0. The Morgan fingerprint density at radius 2 is 2.25 bits per heavy atom. The van der Waals surface area contributed by atoms with Gasteiger partial charge in [0.05, 0.1) is 11.3 Å². The first-order chi connectivity index (χ1) is 5.40. The molecule has 0 spiro atoms. The van der Waals surface area contributed by atoms with Crippen molar-refractivity contribution in [2.24, 2.45) is 5.73 Å². The molecule has 0 aromatic heterocycles. The van der Waals surface area contributed by atoms with Crippen LogP contribution in [0.3, 0.4) is 0 Å². The van der Waals surface area contributed by atoms with Crippen molar-refractivity contribution >= 4 is 9.84 Å². The van der Waals surface area contributed by atoms with Gasteiger partial charge in [-0.25, -0.2) is 8.42 Å². The predicted octanol–water partition coefficient (Wildman–Crippen LogP) is -0.195. The molecule has 2 N–H and O–H groups in total. The van der Waals surface area contributed by atoms with Gasteiger partial charge in [0, 0.05) is 6.26 Å². The second-order valence-corrected chi connectivity index (χ2v) is 5.59. The van der Waals surface area contributed by atoms with Crippen molar-refractivity contribution < 1.29 is 8.42 Å². The molecule has 0 saturated heterocycles. The molecule has 0 radical (unpaired) electrons. The summed E-state index contributed by atoms with van der Waals surface area (Å²) in [7, 11) is -3.17. The monoisotopic (exact) mass is 188 g/mol. The summed E-state index contributed by atoms with van der Waals surface area (Å²) in [6, 6.07) is 1.90. The quantitative estimate of drug-likeness (QED) is 0.618. The molecule has 1 rings (SSSR count). The molecule has 4 nitrogen and oxygen atoms in total. The van der Waals surface area contributed by atoms with E-state index < -0.39 is 20.6 Å². The van der Waals surface area contributed by atoms with Crippen LogP contribution in [0.4, 0.5) is 0 Å². The molecule has 1 saturated carbocycles. The highest BCUT2D eigenvalue weighted by atomic mass is 32.2. The van der Waals surface area contributed by atoms with Crippen molar-refractivity contribution in [3.63, 3.8) is 0 Å². The van der Waals surface area contributed by atoms with E-state index in [0.29, 0.717) is 12.8 Å². The summed E-state index contributed by atoms with van der Waals surface area (Å²) in [5.41, 5.74) is 4.50. The highest BCUT2D eigenvalue weighted by molar-refractivity contribution is 7.91. The normalized spacial score (nSPS) is 36.2. The van der Waals surface area contributed by atoms with Crippen LogP contribution in [0.5, 0.6) is 0 Å². The zero-order valence-corrected chi connectivity index (χ0v) is 7.76. The van der Waals surface area contributed by atoms with Crippen LogP contribution >= 0.6 is 0 Å². The molecule has 1 fully saturated rings. The van der Waals surface area contributed by atoms with E-state index in [1.165, 1.54) is 0 Å². The van der Waals surface area contributed by atoms with Gasteiger partial charge in [-0.1, -0.05) is 0 Å². The molecule has 12 heavy (non-hydrogen) atoms. The van der Waals surface area contributed by atoms with Crippen LogP contribution in [-0.2, 0) is 9.84 Å². The molecular weight excluding hydrogens is 176 g/mol. The number of nitrogens with two attached hydrogens (primary N) is 1. The van der Waals surface area contributed by atoms with Crippen LogP contribution in [0.25, 0.3) is 0 Å². The average molecular weight is 188 g/mol. The van der Waals surface area contributed by atoms with Crippen molar-refractivity contribution in [3.05, 3.63) is 0 Å². The van der Waals surface area contributed by atoms with Gasteiger partial charge in [-0.2, -0.15) is 5.26 Å². The number of hydrogen-bond acceptors (Lipinski definition) is 4. The fourth-order valence-electron chi connectivity index (χ4n) is 1.72. The van der Waals surface area contributed by atoms with Crippen LogP contribution in [0.2, 0.25) is 0 Å². The molecule has 0 aliphatic heterocycles. The molecule has 68 valence electrons. The lowest BCUT2D eigenvalue weighted by Gasteiger charge is -2.21. The third-order valence-corrected chi connectivity index (χ3v) is 4.05. The fourth-order valence-corrected chi connectivity index (χ4v) is 3.25. The Hall–Kier alpha value is -0.600. The van der Waals surface area contributed by atoms with Crippen molar-refractivity contribution in [2.45, 2.75) is 30.1 Å². The van der Waals surface area contributed by atoms with Crippen LogP contribution in [0, 0.1) is 11.3 Å². The largest absolute Gasteiger partial charge is 0.312 e. The average Bonchev–Trinajstić information content (AvgIpc) is 2.31. The smallest absolute Gasteiger partial charge is 0.153 e. The summed E-state index contributed by atoms with van der Waals surface area (Å²) in [6.07, 6.45) is 2.87. The minimum atomic E-state index is -3.17. The van der Waals surface area contributed by atoms with Crippen LogP contribution in [0.15, 0.2) is 0 Å². The SMILES string of the molecule is CS(=O)(=O)C1CCCC1(N)C#N. The Labute approximate surface area is 72.3 Å². The molecule has 2 unspecified atom stereocenters. The Bertz CT molecular complexity index is 317. The van der Waals surface area contributed by atoms with Gasteiger partial charge in [-0.05, 0) is 19.3 Å². The maximum absolute atomic E-state index is 11.2. The van der Waals surface area contributed by atoms with Crippen LogP contribution < -0.4 is 5.73 Å². The first kappa shape index (κ1) is 9.49. The van der Waals surface area contributed by atoms with Crippen molar-refractivity contribution in [1.29, 1.82) is 5.26 Å². The van der Waals surface area contributed by atoms with E-state index in [-0.39, 0.29) is 0 Å². The van der Waals surface area contributed by atoms with Gasteiger partial charge in [-0.3, -0.25) is 0 Å². The molecule has 1 aliphatic carbocycles. The minimum Gasteiger partial charge on any atom is -0.312 e. The van der Waals surface area contributed by atoms with E-state index in [9.17, 15) is 8.42 Å². The van der Waals surface area contributed by atoms with E-state index in [0.717, 1.165) is 12.7 Å². The van der Waals surface area contributed by atoms with Crippen LogP contribution in [-0.4, -0.2) is 25.5 Å². The van der Waals surface area contributed by atoms with Crippen molar-refractivity contribution in [2.75, 3.05) is 6.26 Å². The number of sulfone groups is 1. The van der Waals surface area contributed by atoms with Crippen molar-refractivity contribution in [1.82, 2.24) is 0 Å². The molecule has 0 aromatic rings. The summed E-state index contributed by atoms with van der Waals surface area (Å²) in [6.45, 7) is 0. The highest BCUT2D eigenvalue weighted by Gasteiger charge is 2.45. The molecule has 0 amide bonds. The number of rotatable bonds is 1. The van der Waals surface area contributed by atoms with E-state index in [1.807, 2.05) is 6.07 Å². The Morgan fingerprint density at radius 3 is 2.58 bits per heavy atom. The summed E-state index contributed by atoms with van der Waals surface area (Å²) in [5.74, 6) is 0. The fraction of sp³-hybridized carbons (Fsp3) is 0.857. The molecule has 2 atom stereocenters. The lowest BCUT2D eigenvalue weighted by atomic mass is 10.0. The van der Waals surface area contributed by atoms with E-state index >= 15 is 0 Å². The Morgan fingerprint density at radius 1 is 1.67 bits per heavy atom. The van der Waals surface area contributed by atoms with Gasteiger partial charge in [0.15, 0.2) is 9.84 Å². The minimum absolute atomic E-state index is 0.487. The molecule has 0 heterocycles. The standard InChI is InChI=1S/C7H12N2O2S/c1-12(10,11)6-3-2-4-7(6,9)5-8/h6H,2-4,9H2,1H3. The number of nitriles is 1. The topological polar surface area (TPSA) is 83.9 Å². The van der Waals surface area contributed by atoms with Gasteiger partial charge in [-0.15, -0.1) is 0 Å². The zero-order valence-electron chi connectivity index (χ0n) is 6.95. The van der Waals surface area contributed by atoms with E-state index in [1.54, 1.807) is 0 Å². The highest BCUT2D eigenvalue weighted by Crippen LogP contribution is 2.31. The van der Waals surface area contributed by atoms with Crippen LogP contribution in [0.1, 0.15) is 19.3 Å². The third-order valence-electron chi connectivity index (χ3n) is 2.36. The summed E-state index contributed by atoms with van der Waals surface area (Å²) in [5, 5.41) is 8.05. The maximum Gasteiger partial charge on any atom is 0.153 e. The van der Waals surface area contributed by atoms with Gasteiger partial charge in [0.1, 0.15) is 5.54 Å². The second-order valence-electron chi connectivity index (χ2n) is 3.36. The maximum atomic E-state index is 11.2. The van der Waals surface area contributed by atoms with E-state index in [4.69, 9.17) is 11.0 Å². The van der Waals surface area contributed by atoms with E-state index in [2.05, 4.69) is 0 Å². The molecule has 0 bridgehead atoms. The lowest BCUT2D eigenvalue weighted by molar-refractivity contribution is 0.529. The summed E-state index contributed by atoms with van der Waals surface area (Å²) < 4.78 is 22.4. The molecular formula is C7H12N2O2S. The predicted molar refractivity (Wildman–Crippen MR) is 45.0 cm³/mol. The van der Waals surface area contributed by atoms with Gasteiger partial charge in [0.2, 0.25) is 0 Å².